The third kappa shape index (κ3) is 1.91. The van der Waals surface area contributed by atoms with Gasteiger partial charge in [-0.2, -0.15) is 0 Å². The molecule has 0 N–H and O–H groups in total. The van der Waals surface area contributed by atoms with Crippen LogP contribution in [0, 0.1) is 0 Å². The van der Waals surface area contributed by atoms with Crippen LogP contribution in [0.5, 0.6) is 11.5 Å². The molecule has 0 fully saturated rings. The largest absolute Gasteiger partial charge is 0.490 e. The van der Waals surface area contributed by atoms with Gasteiger partial charge in [-0.1, -0.05) is 0 Å². The Balaban J connectivity index is 2.32. The number of hydrogen-bond acceptors (Lipinski definition) is 3. The van der Waals surface area contributed by atoms with Crippen LogP contribution in [-0.2, 0) is 0 Å². The van der Waals surface area contributed by atoms with E-state index in [1.807, 2.05) is 12.1 Å². The Morgan fingerprint density at radius 2 is 1.92 bits per heavy atom. The number of benzene rings is 1. The highest BCUT2D eigenvalue weighted by molar-refractivity contribution is 7.98. The van der Waals surface area contributed by atoms with E-state index >= 15 is 0 Å². The second kappa shape index (κ2) is 3.92. The van der Waals surface area contributed by atoms with Gasteiger partial charge in [0.05, 0.1) is 13.2 Å². The number of thioether (sulfide) groups is 1. The number of hydrogen-bond donors (Lipinski definition) is 0. The summed E-state index contributed by atoms with van der Waals surface area (Å²) in [7, 11) is 0. The van der Waals surface area contributed by atoms with Crippen molar-refractivity contribution in [2.75, 3.05) is 19.5 Å². The Labute approximate surface area is 82.2 Å². The average Bonchev–Trinajstić information content (AvgIpc) is 2.41. The predicted octanol–water partition coefficient (Wildman–Crippen LogP) is 2.57. The molecule has 13 heavy (non-hydrogen) atoms. The molecule has 1 heterocycles. The van der Waals surface area contributed by atoms with E-state index in [2.05, 4.69) is 12.3 Å². The highest BCUT2D eigenvalue weighted by Gasteiger charge is 2.09. The molecule has 0 aromatic heterocycles. The molecule has 2 rings (SSSR count). The summed E-state index contributed by atoms with van der Waals surface area (Å²) in [6, 6.07) is 6.07. The van der Waals surface area contributed by atoms with Crippen LogP contribution in [0.4, 0.5) is 0 Å². The van der Waals surface area contributed by atoms with Crippen LogP contribution in [-0.4, -0.2) is 19.5 Å². The number of rotatable bonds is 1. The number of ether oxygens (including phenoxy) is 2. The fourth-order valence-electron chi connectivity index (χ4n) is 1.27. The van der Waals surface area contributed by atoms with E-state index in [0.717, 1.165) is 31.1 Å². The Morgan fingerprint density at radius 3 is 2.69 bits per heavy atom. The molecule has 2 nitrogen and oxygen atoms in total. The maximum atomic E-state index is 5.55. The van der Waals surface area contributed by atoms with E-state index in [9.17, 15) is 0 Å². The predicted molar refractivity (Wildman–Crippen MR) is 53.8 cm³/mol. The fraction of sp³-hybridized carbons (Fsp3) is 0.400. The standard InChI is InChI=1S/C10H12O2S/c1-13-8-3-4-9-10(7-8)12-6-2-5-11-9/h3-4,7H,2,5-6H2,1H3. The van der Waals surface area contributed by atoms with E-state index in [1.165, 1.54) is 4.90 Å². The minimum Gasteiger partial charge on any atom is -0.490 e. The van der Waals surface area contributed by atoms with Crippen molar-refractivity contribution in [1.82, 2.24) is 0 Å². The van der Waals surface area contributed by atoms with Gasteiger partial charge in [0.2, 0.25) is 0 Å². The van der Waals surface area contributed by atoms with Crippen molar-refractivity contribution >= 4 is 11.8 Å². The molecule has 0 spiro atoms. The molecule has 1 aromatic carbocycles. The summed E-state index contributed by atoms with van der Waals surface area (Å²) in [6.07, 6.45) is 3.02. The first-order chi connectivity index (χ1) is 6.40. The maximum absolute atomic E-state index is 5.55. The van der Waals surface area contributed by atoms with Crippen LogP contribution in [0.2, 0.25) is 0 Å². The molecule has 1 aliphatic heterocycles. The summed E-state index contributed by atoms with van der Waals surface area (Å²) < 4.78 is 11.1. The molecule has 0 saturated carbocycles. The molecule has 0 saturated heterocycles. The zero-order chi connectivity index (χ0) is 9.10. The first-order valence-electron chi connectivity index (χ1n) is 4.34. The second-order valence-corrected chi connectivity index (χ2v) is 3.74. The lowest BCUT2D eigenvalue weighted by Gasteiger charge is -2.07. The van der Waals surface area contributed by atoms with Crippen LogP contribution in [0.1, 0.15) is 6.42 Å². The van der Waals surface area contributed by atoms with Gasteiger partial charge in [-0.05, 0) is 24.5 Å². The highest BCUT2D eigenvalue weighted by atomic mass is 32.2. The van der Waals surface area contributed by atoms with Gasteiger partial charge >= 0.3 is 0 Å². The molecule has 0 unspecified atom stereocenters. The Bertz CT molecular complexity index is 299. The van der Waals surface area contributed by atoms with E-state index < -0.39 is 0 Å². The van der Waals surface area contributed by atoms with E-state index in [1.54, 1.807) is 11.8 Å². The molecule has 1 aliphatic rings. The highest BCUT2D eigenvalue weighted by Crippen LogP contribution is 2.32. The van der Waals surface area contributed by atoms with Crippen molar-refractivity contribution in [3.05, 3.63) is 18.2 Å². The first-order valence-corrected chi connectivity index (χ1v) is 5.56. The molecule has 0 amide bonds. The van der Waals surface area contributed by atoms with Crippen LogP contribution in [0.25, 0.3) is 0 Å². The van der Waals surface area contributed by atoms with Gasteiger partial charge in [0.25, 0.3) is 0 Å². The third-order valence-corrected chi connectivity index (χ3v) is 2.68. The summed E-state index contributed by atoms with van der Waals surface area (Å²) in [5.41, 5.74) is 0. The molecule has 0 atom stereocenters. The third-order valence-electron chi connectivity index (χ3n) is 1.95. The Hall–Kier alpha value is -0.830. The number of fused-ring (bicyclic) bond motifs is 1. The molecular formula is C10H12O2S. The van der Waals surface area contributed by atoms with Gasteiger partial charge in [-0.15, -0.1) is 11.8 Å². The zero-order valence-electron chi connectivity index (χ0n) is 7.58. The average molecular weight is 196 g/mol. The van der Waals surface area contributed by atoms with Crippen molar-refractivity contribution in [1.29, 1.82) is 0 Å². The summed E-state index contributed by atoms with van der Waals surface area (Å²) >= 11 is 1.71. The first kappa shape index (κ1) is 8.75. The van der Waals surface area contributed by atoms with Crippen LogP contribution < -0.4 is 9.47 Å². The van der Waals surface area contributed by atoms with Gasteiger partial charge in [-0.3, -0.25) is 0 Å². The minimum atomic E-state index is 0.755. The second-order valence-electron chi connectivity index (χ2n) is 2.86. The zero-order valence-corrected chi connectivity index (χ0v) is 8.39. The normalized spacial score (nSPS) is 15.2. The summed E-state index contributed by atoms with van der Waals surface area (Å²) in [6.45, 7) is 1.51. The quantitative estimate of drug-likeness (QED) is 0.643. The molecule has 0 aliphatic carbocycles. The van der Waals surface area contributed by atoms with E-state index in [0.29, 0.717) is 0 Å². The topological polar surface area (TPSA) is 18.5 Å². The maximum Gasteiger partial charge on any atom is 0.162 e. The summed E-state index contributed by atoms with van der Waals surface area (Å²) in [5, 5.41) is 0. The van der Waals surface area contributed by atoms with Crippen LogP contribution >= 0.6 is 11.8 Å². The van der Waals surface area contributed by atoms with Crippen molar-refractivity contribution in [3.8, 4) is 11.5 Å². The summed E-state index contributed by atoms with van der Waals surface area (Å²) in [4.78, 5) is 1.21. The van der Waals surface area contributed by atoms with E-state index in [4.69, 9.17) is 9.47 Å². The van der Waals surface area contributed by atoms with Gasteiger partial charge in [-0.25, -0.2) is 0 Å². The molecule has 3 heteroatoms. The van der Waals surface area contributed by atoms with Crippen LogP contribution in [0.15, 0.2) is 23.1 Å². The lowest BCUT2D eigenvalue weighted by molar-refractivity contribution is 0.297. The Morgan fingerprint density at radius 1 is 1.15 bits per heavy atom. The van der Waals surface area contributed by atoms with Gasteiger partial charge in [0, 0.05) is 11.3 Å². The van der Waals surface area contributed by atoms with Crippen molar-refractivity contribution in [2.24, 2.45) is 0 Å². The SMILES string of the molecule is CSc1ccc2c(c1)OCCCO2. The van der Waals surface area contributed by atoms with Crippen molar-refractivity contribution in [2.45, 2.75) is 11.3 Å². The smallest absolute Gasteiger partial charge is 0.162 e. The molecule has 0 radical (unpaired) electrons. The fourth-order valence-corrected chi connectivity index (χ4v) is 1.70. The molecule has 0 bridgehead atoms. The van der Waals surface area contributed by atoms with Gasteiger partial charge in [0.1, 0.15) is 0 Å². The van der Waals surface area contributed by atoms with E-state index in [-0.39, 0.29) is 0 Å². The minimum absolute atomic E-state index is 0.755. The van der Waals surface area contributed by atoms with Crippen molar-refractivity contribution in [3.63, 3.8) is 0 Å². The lowest BCUT2D eigenvalue weighted by atomic mass is 10.3. The molecule has 1 aromatic rings. The van der Waals surface area contributed by atoms with Crippen LogP contribution in [0.3, 0.4) is 0 Å². The molecular weight excluding hydrogens is 184 g/mol. The Kier molecular flexibility index (Phi) is 2.64. The lowest BCUT2D eigenvalue weighted by Crippen LogP contribution is -1.97. The van der Waals surface area contributed by atoms with Gasteiger partial charge in [0.15, 0.2) is 11.5 Å². The van der Waals surface area contributed by atoms with Gasteiger partial charge < -0.3 is 9.47 Å². The summed E-state index contributed by atoms with van der Waals surface area (Å²) in [5.74, 6) is 1.75. The monoisotopic (exact) mass is 196 g/mol. The van der Waals surface area contributed by atoms with Crippen molar-refractivity contribution < 1.29 is 9.47 Å². The molecule has 70 valence electrons.